The number of likely N-dealkylation sites (tertiary alicyclic amines) is 2. The van der Waals surface area contributed by atoms with Gasteiger partial charge in [0.1, 0.15) is 5.75 Å². The number of benzene rings is 1. The molecule has 4 aliphatic heterocycles. The van der Waals surface area contributed by atoms with Gasteiger partial charge in [-0.2, -0.15) is 0 Å². The van der Waals surface area contributed by atoms with Crippen LogP contribution in [0.5, 0.6) is 5.75 Å². The zero-order valence-corrected chi connectivity index (χ0v) is 19.5. The van der Waals surface area contributed by atoms with Crippen molar-refractivity contribution in [2.45, 2.75) is 25.7 Å². The normalized spacial score (nSPS) is 25.0. The molecular weight excluding hydrogens is 485 g/mol. The standard InChI is InChI=1S/C23H27F3N4O6/c24-23(25,26)35-19-9-18(28-5-7-34-8-6-28)2-1-15(19)10-27-11-16-13-29(14-17(16)12-27)22(33)36-30-20(31)3-4-21(30)32/h1-2,9,16-17H,3-8,10-14H2. The number of amides is 3. The summed E-state index contributed by atoms with van der Waals surface area (Å²) in [4.78, 5) is 46.3. The smallest absolute Gasteiger partial charge is 0.405 e. The Labute approximate surface area is 205 Å². The molecule has 196 valence electrons. The fourth-order valence-electron chi connectivity index (χ4n) is 5.31. The highest BCUT2D eigenvalue weighted by Crippen LogP contribution is 2.36. The Kier molecular flexibility index (Phi) is 6.68. The third-order valence-corrected chi connectivity index (χ3v) is 7.04. The van der Waals surface area contributed by atoms with Crippen LogP contribution >= 0.6 is 0 Å². The number of hydrogen-bond donors (Lipinski definition) is 0. The maximum atomic E-state index is 13.1. The molecule has 1 aromatic carbocycles. The summed E-state index contributed by atoms with van der Waals surface area (Å²) in [7, 11) is 0. The molecule has 1 aromatic rings. The Bertz CT molecular complexity index is 1000. The second-order valence-corrected chi connectivity index (χ2v) is 9.50. The first-order chi connectivity index (χ1) is 17.2. The summed E-state index contributed by atoms with van der Waals surface area (Å²) in [6.07, 6.45) is -5.49. The SMILES string of the molecule is O=C(ON1C(=O)CCC1=O)N1CC2CN(Cc3ccc(N4CCOCC4)cc3OC(F)(F)F)CC2C1. The predicted octanol–water partition coefficient (Wildman–Crippen LogP) is 1.99. The number of anilines is 1. The highest BCUT2D eigenvalue weighted by atomic mass is 19.4. The van der Waals surface area contributed by atoms with E-state index in [0.29, 0.717) is 68.8 Å². The van der Waals surface area contributed by atoms with Crippen molar-refractivity contribution in [1.29, 1.82) is 0 Å². The number of nitrogens with zero attached hydrogens (tertiary/aromatic N) is 4. The van der Waals surface area contributed by atoms with Crippen LogP contribution in [0.15, 0.2) is 18.2 Å². The molecule has 0 N–H and O–H groups in total. The molecule has 4 aliphatic rings. The van der Waals surface area contributed by atoms with Crippen LogP contribution in [0.25, 0.3) is 0 Å². The lowest BCUT2D eigenvalue weighted by atomic mass is 10.0. The summed E-state index contributed by atoms with van der Waals surface area (Å²) in [5, 5.41) is 0.533. The van der Waals surface area contributed by atoms with Crippen LogP contribution < -0.4 is 9.64 Å². The van der Waals surface area contributed by atoms with Gasteiger partial charge in [-0.25, -0.2) is 4.79 Å². The molecule has 0 saturated carbocycles. The van der Waals surface area contributed by atoms with Gasteiger partial charge in [0.2, 0.25) is 0 Å². The van der Waals surface area contributed by atoms with Gasteiger partial charge in [0.15, 0.2) is 0 Å². The van der Waals surface area contributed by atoms with Crippen molar-refractivity contribution in [3.8, 4) is 5.75 Å². The van der Waals surface area contributed by atoms with Gasteiger partial charge in [0.25, 0.3) is 11.8 Å². The first-order valence-electron chi connectivity index (χ1n) is 11.9. The summed E-state index contributed by atoms with van der Waals surface area (Å²) in [6.45, 7) is 4.46. The highest BCUT2D eigenvalue weighted by Gasteiger charge is 2.44. The Morgan fingerprint density at radius 2 is 1.64 bits per heavy atom. The van der Waals surface area contributed by atoms with Crippen molar-refractivity contribution < 1.29 is 41.9 Å². The molecular formula is C23H27F3N4O6. The Morgan fingerprint density at radius 3 is 2.25 bits per heavy atom. The minimum atomic E-state index is -4.81. The van der Waals surface area contributed by atoms with Gasteiger partial charge in [-0.3, -0.25) is 14.5 Å². The van der Waals surface area contributed by atoms with E-state index in [1.807, 2.05) is 4.90 Å². The van der Waals surface area contributed by atoms with E-state index in [-0.39, 0.29) is 37.0 Å². The van der Waals surface area contributed by atoms with Crippen LogP contribution in [-0.4, -0.2) is 91.6 Å². The second kappa shape index (κ2) is 9.77. The van der Waals surface area contributed by atoms with Crippen LogP contribution in [0.4, 0.5) is 23.7 Å². The zero-order valence-electron chi connectivity index (χ0n) is 19.5. The molecule has 0 radical (unpaired) electrons. The van der Waals surface area contributed by atoms with Crippen LogP contribution in [-0.2, 0) is 25.7 Å². The number of rotatable bonds is 5. The van der Waals surface area contributed by atoms with E-state index in [0.717, 1.165) is 0 Å². The number of carbonyl (C=O) groups is 3. The third-order valence-electron chi connectivity index (χ3n) is 7.04. The lowest BCUT2D eigenvalue weighted by Gasteiger charge is -2.30. The molecule has 2 atom stereocenters. The number of morpholine rings is 1. The number of hydroxylamine groups is 2. The van der Waals surface area contributed by atoms with Gasteiger partial charge >= 0.3 is 12.5 Å². The first-order valence-corrected chi connectivity index (χ1v) is 11.9. The molecule has 0 bridgehead atoms. The molecule has 4 heterocycles. The predicted molar refractivity (Wildman–Crippen MR) is 118 cm³/mol. The number of fused-ring (bicyclic) bond motifs is 1. The van der Waals surface area contributed by atoms with Crippen LogP contribution in [0.2, 0.25) is 0 Å². The average molecular weight is 512 g/mol. The van der Waals surface area contributed by atoms with Gasteiger partial charge in [-0.15, -0.1) is 18.2 Å². The molecule has 0 aliphatic carbocycles. The molecule has 2 unspecified atom stereocenters. The van der Waals surface area contributed by atoms with E-state index in [2.05, 4.69) is 9.64 Å². The summed E-state index contributed by atoms with van der Waals surface area (Å²) < 4.78 is 49.1. The van der Waals surface area contributed by atoms with E-state index >= 15 is 0 Å². The van der Waals surface area contributed by atoms with Crippen LogP contribution in [0.1, 0.15) is 18.4 Å². The minimum Gasteiger partial charge on any atom is -0.405 e. The fraction of sp³-hybridized carbons (Fsp3) is 0.609. The van der Waals surface area contributed by atoms with Gasteiger partial charge in [-0.05, 0) is 17.9 Å². The summed E-state index contributed by atoms with van der Waals surface area (Å²) in [5.41, 5.74) is 1.09. The van der Waals surface area contributed by atoms with Crippen molar-refractivity contribution >= 4 is 23.6 Å². The van der Waals surface area contributed by atoms with Gasteiger partial charge in [-0.1, -0.05) is 6.07 Å². The average Bonchev–Trinajstić information content (AvgIpc) is 3.49. The maximum absolute atomic E-state index is 13.1. The molecule has 5 rings (SSSR count). The number of carbonyl (C=O) groups excluding carboxylic acids is 3. The molecule has 3 amide bonds. The lowest BCUT2D eigenvalue weighted by molar-refractivity contribution is -0.275. The molecule has 10 nitrogen and oxygen atoms in total. The van der Waals surface area contributed by atoms with E-state index in [1.165, 1.54) is 11.0 Å². The van der Waals surface area contributed by atoms with Gasteiger partial charge < -0.3 is 24.1 Å². The van der Waals surface area contributed by atoms with Gasteiger partial charge in [0, 0.05) is 76.0 Å². The number of hydrogen-bond acceptors (Lipinski definition) is 8. The quantitative estimate of drug-likeness (QED) is 0.554. The molecule has 4 saturated heterocycles. The van der Waals surface area contributed by atoms with E-state index < -0.39 is 24.3 Å². The second-order valence-electron chi connectivity index (χ2n) is 9.50. The summed E-state index contributed by atoms with van der Waals surface area (Å²) >= 11 is 0. The lowest BCUT2D eigenvalue weighted by Crippen LogP contribution is -2.40. The number of alkyl halides is 3. The van der Waals surface area contributed by atoms with Crippen molar-refractivity contribution in [2.24, 2.45) is 11.8 Å². The number of halogens is 3. The van der Waals surface area contributed by atoms with Crippen LogP contribution in [0, 0.1) is 11.8 Å². The Morgan fingerprint density at radius 1 is 1.00 bits per heavy atom. The van der Waals surface area contributed by atoms with Crippen molar-refractivity contribution in [3.05, 3.63) is 23.8 Å². The van der Waals surface area contributed by atoms with Crippen molar-refractivity contribution in [3.63, 3.8) is 0 Å². The molecule has 0 spiro atoms. The third kappa shape index (κ3) is 5.36. The molecule has 36 heavy (non-hydrogen) atoms. The monoisotopic (exact) mass is 512 g/mol. The zero-order chi connectivity index (χ0) is 25.4. The Hall–Kier alpha value is -3.06. The van der Waals surface area contributed by atoms with E-state index in [4.69, 9.17) is 9.57 Å². The fourth-order valence-corrected chi connectivity index (χ4v) is 5.31. The summed E-state index contributed by atoms with van der Waals surface area (Å²) in [5.74, 6) is -1.05. The highest BCUT2D eigenvalue weighted by molar-refractivity contribution is 6.01. The first kappa shape index (κ1) is 24.6. The van der Waals surface area contributed by atoms with Crippen molar-refractivity contribution in [1.82, 2.24) is 14.9 Å². The molecule has 4 fully saturated rings. The van der Waals surface area contributed by atoms with Gasteiger partial charge in [0.05, 0.1) is 13.2 Å². The van der Waals surface area contributed by atoms with Crippen molar-refractivity contribution in [2.75, 3.05) is 57.4 Å². The van der Waals surface area contributed by atoms with Crippen LogP contribution in [0.3, 0.4) is 0 Å². The summed E-state index contributed by atoms with van der Waals surface area (Å²) in [6, 6.07) is 4.91. The molecule has 0 aromatic heterocycles. The number of imide groups is 1. The largest absolute Gasteiger partial charge is 0.573 e. The minimum absolute atomic E-state index is 0.0276. The van der Waals surface area contributed by atoms with E-state index in [9.17, 15) is 27.6 Å². The Balaban J connectivity index is 1.20. The van der Waals surface area contributed by atoms with E-state index in [1.54, 1.807) is 12.1 Å². The molecule has 13 heteroatoms. The topological polar surface area (TPSA) is 91.9 Å². The maximum Gasteiger partial charge on any atom is 0.573 e. The number of ether oxygens (including phenoxy) is 2.